The largest absolute Gasteiger partial charge is 0.487 e. The van der Waals surface area contributed by atoms with Crippen LogP contribution in [0.15, 0.2) is 84.0 Å². The van der Waals surface area contributed by atoms with Gasteiger partial charge >= 0.3 is 0 Å². The predicted molar refractivity (Wildman–Crippen MR) is 133 cm³/mol. The summed E-state index contributed by atoms with van der Waals surface area (Å²) in [6, 6.07) is 24.4. The van der Waals surface area contributed by atoms with Gasteiger partial charge in [-0.1, -0.05) is 48.5 Å². The zero-order valence-electron chi connectivity index (χ0n) is 17.4. The molecule has 0 aliphatic rings. The molecule has 0 spiro atoms. The fraction of sp³-hybridized carbons (Fsp3) is 0.250. The molecule has 6 heteroatoms. The number of hydrogen-bond acceptors (Lipinski definition) is 3. The Hall–Kier alpha value is -2.61. The molecule has 3 aromatic rings. The number of nitrogens with one attached hydrogen (secondary N) is 2. The number of ether oxygens (including phenoxy) is 1. The molecule has 1 unspecified atom stereocenters. The van der Waals surface area contributed by atoms with Gasteiger partial charge in [-0.25, -0.2) is 4.99 Å². The first kappa shape index (κ1) is 23.7. The van der Waals surface area contributed by atoms with E-state index in [1.807, 2.05) is 54.6 Å². The molecule has 0 aliphatic heterocycles. The van der Waals surface area contributed by atoms with E-state index < -0.39 is 0 Å². The summed E-state index contributed by atoms with van der Waals surface area (Å²) >= 11 is 0. The monoisotopic (exact) mass is 516 g/mol. The highest BCUT2D eigenvalue weighted by molar-refractivity contribution is 14.0. The van der Waals surface area contributed by atoms with Crippen LogP contribution in [0.2, 0.25) is 0 Å². The predicted octanol–water partition coefficient (Wildman–Crippen LogP) is 5.09. The third kappa shape index (κ3) is 7.67. The molecule has 1 heterocycles. The van der Waals surface area contributed by atoms with E-state index >= 15 is 0 Å². The Bertz CT molecular complexity index is 903. The topological polar surface area (TPSA) is 58.5 Å². The molecule has 0 saturated heterocycles. The maximum Gasteiger partial charge on any atom is 0.192 e. The number of hydrogen-bond donors (Lipinski definition) is 2. The van der Waals surface area contributed by atoms with E-state index in [1.54, 1.807) is 6.20 Å². The number of benzene rings is 2. The summed E-state index contributed by atoms with van der Waals surface area (Å²) in [5.41, 5.74) is 3.22. The van der Waals surface area contributed by atoms with Gasteiger partial charge < -0.3 is 15.4 Å². The second-order valence-corrected chi connectivity index (χ2v) is 6.73. The highest BCUT2D eigenvalue weighted by Crippen LogP contribution is 2.16. The lowest BCUT2D eigenvalue weighted by Crippen LogP contribution is -2.38. The molecule has 3 rings (SSSR count). The Labute approximate surface area is 196 Å². The van der Waals surface area contributed by atoms with Gasteiger partial charge in [-0.3, -0.25) is 4.98 Å². The molecule has 0 aliphatic carbocycles. The minimum Gasteiger partial charge on any atom is -0.487 e. The molecule has 5 nitrogen and oxygen atoms in total. The van der Waals surface area contributed by atoms with Gasteiger partial charge in [-0.15, -0.1) is 24.0 Å². The van der Waals surface area contributed by atoms with Crippen LogP contribution >= 0.6 is 24.0 Å². The summed E-state index contributed by atoms with van der Waals surface area (Å²) in [6.45, 7) is 6.02. The van der Waals surface area contributed by atoms with Crippen LogP contribution in [-0.4, -0.2) is 17.5 Å². The number of guanidine groups is 1. The summed E-state index contributed by atoms with van der Waals surface area (Å²) in [5, 5.41) is 6.78. The van der Waals surface area contributed by atoms with Gasteiger partial charge in [0.25, 0.3) is 0 Å². The first-order valence-corrected chi connectivity index (χ1v) is 9.96. The first-order valence-electron chi connectivity index (χ1n) is 9.96. The van der Waals surface area contributed by atoms with Crippen molar-refractivity contribution in [3.63, 3.8) is 0 Å². The zero-order valence-corrected chi connectivity index (χ0v) is 19.7. The summed E-state index contributed by atoms with van der Waals surface area (Å²) in [7, 11) is 0. The molecule has 1 aromatic heterocycles. The molecule has 158 valence electrons. The van der Waals surface area contributed by atoms with Crippen molar-refractivity contribution in [2.24, 2.45) is 4.99 Å². The van der Waals surface area contributed by atoms with E-state index in [2.05, 4.69) is 47.7 Å². The van der Waals surface area contributed by atoms with Crippen molar-refractivity contribution in [3.05, 3.63) is 95.8 Å². The fourth-order valence-corrected chi connectivity index (χ4v) is 2.89. The van der Waals surface area contributed by atoms with Crippen LogP contribution in [0.4, 0.5) is 0 Å². The van der Waals surface area contributed by atoms with Crippen molar-refractivity contribution in [2.75, 3.05) is 6.54 Å². The van der Waals surface area contributed by atoms with E-state index in [-0.39, 0.29) is 30.0 Å². The van der Waals surface area contributed by atoms with E-state index in [9.17, 15) is 0 Å². The number of nitrogens with zero attached hydrogens (tertiary/aromatic N) is 2. The minimum absolute atomic E-state index is 0. The first-order chi connectivity index (χ1) is 14.2. The van der Waals surface area contributed by atoms with E-state index in [0.29, 0.717) is 13.2 Å². The van der Waals surface area contributed by atoms with Gasteiger partial charge in [-0.2, -0.15) is 0 Å². The number of rotatable bonds is 8. The summed E-state index contributed by atoms with van der Waals surface area (Å²) in [6.07, 6.45) is 1.77. The molecule has 0 radical (unpaired) electrons. The zero-order chi connectivity index (χ0) is 20.3. The standard InChI is InChI=1S/C24H28N4O.HI/c1-3-25-24(28-19(2)21-11-5-4-6-12-21)27-17-20-10-9-14-23(16-20)29-18-22-13-7-8-15-26-22;/h4-16,19H,3,17-18H2,1-2H3,(H2,25,27,28);1H. The Morgan fingerprint density at radius 2 is 1.83 bits per heavy atom. The van der Waals surface area contributed by atoms with E-state index in [0.717, 1.165) is 29.5 Å². The SMILES string of the molecule is CCNC(=NCc1cccc(OCc2ccccn2)c1)NC(C)c1ccccc1.I. The van der Waals surface area contributed by atoms with Crippen LogP contribution < -0.4 is 15.4 Å². The van der Waals surface area contributed by atoms with Gasteiger partial charge in [0, 0.05) is 12.7 Å². The van der Waals surface area contributed by atoms with E-state index in [4.69, 9.17) is 9.73 Å². The summed E-state index contributed by atoms with van der Waals surface area (Å²) in [4.78, 5) is 9.02. The molecule has 2 N–H and O–H groups in total. The van der Waals surface area contributed by atoms with Crippen LogP contribution in [0.5, 0.6) is 5.75 Å². The van der Waals surface area contributed by atoms with Crippen LogP contribution in [0.1, 0.15) is 36.7 Å². The maximum atomic E-state index is 5.87. The Morgan fingerprint density at radius 1 is 1.03 bits per heavy atom. The quantitative estimate of drug-likeness (QED) is 0.249. The number of halogens is 1. The molecular weight excluding hydrogens is 487 g/mol. The third-order valence-corrected chi connectivity index (χ3v) is 4.43. The smallest absolute Gasteiger partial charge is 0.192 e. The normalized spacial score (nSPS) is 11.9. The molecule has 0 fully saturated rings. The van der Waals surface area contributed by atoms with Crippen LogP contribution in [0.25, 0.3) is 0 Å². The van der Waals surface area contributed by atoms with E-state index in [1.165, 1.54) is 5.56 Å². The van der Waals surface area contributed by atoms with Gasteiger partial charge in [0.2, 0.25) is 0 Å². The Kier molecular flexibility index (Phi) is 10.1. The number of pyridine rings is 1. The van der Waals surface area contributed by atoms with Crippen molar-refractivity contribution < 1.29 is 4.74 Å². The second kappa shape index (κ2) is 12.8. The lowest BCUT2D eigenvalue weighted by molar-refractivity contribution is 0.301. The van der Waals surface area contributed by atoms with Crippen molar-refractivity contribution in [3.8, 4) is 5.75 Å². The highest BCUT2D eigenvalue weighted by Gasteiger charge is 2.07. The lowest BCUT2D eigenvalue weighted by atomic mass is 10.1. The Morgan fingerprint density at radius 3 is 2.57 bits per heavy atom. The lowest BCUT2D eigenvalue weighted by Gasteiger charge is -2.18. The van der Waals surface area contributed by atoms with Gasteiger partial charge in [0.05, 0.1) is 18.3 Å². The third-order valence-electron chi connectivity index (χ3n) is 4.43. The highest BCUT2D eigenvalue weighted by atomic mass is 127. The van der Waals surface area contributed by atoms with Crippen molar-refractivity contribution in [2.45, 2.75) is 33.0 Å². The molecule has 30 heavy (non-hydrogen) atoms. The van der Waals surface area contributed by atoms with Crippen LogP contribution in [-0.2, 0) is 13.2 Å². The molecule has 0 bridgehead atoms. The van der Waals surface area contributed by atoms with Gasteiger partial charge in [0.15, 0.2) is 5.96 Å². The van der Waals surface area contributed by atoms with Crippen molar-refractivity contribution in [1.29, 1.82) is 0 Å². The molecule has 2 aromatic carbocycles. The number of aromatic nitrogens is 1. The minimum atomic E-state index is 0. The molecule has 0 saturated carbocycles. The second-order valence-electron chi connectivity index (χ2n) is 6.73. The molecular formula is C24H29IN4O. The summed E-state index contributed by atoms with van der Waals surface area (Å²) in [5.74, 6) is 1.61. The number of aliphatic imine (C=N–C) groups is 1. The maximum absolute atomic E-state index is 5.87. The van der Waals surface area contributed by atoms with Gasteiger partial charge in [-0.05, 0) is 49.2 Å². The van der Waals surface area contributed by atoms with Crippen molar-refractivity contribution >= 4 is 29.9 Å². The Balaban J connectivity index is 0.00000320. The molecule has 0 amide bonds. The average Bonchev–Trinajstić information content (AvgIpc) is 2.78. The van der Waals surface area contributed by atoms with Crippen LogP contribution in [0, 0.1) is 0 Å². The summed E-state index contributed by atoms with van der Waals surface area (Å²) < 4.78 is 5.87. The van der Waals surface area contributed by atoms with Gasteiger partial charge in [0.1, 0.15) is 12.4 Å². The molecule has 1 atom stereocenters. The fourth-order valence-electron chi connectivity index (χ4n) is 2.89. The average molecular weight is 516 g/mol. The van der Waals surface area contributed by atoms with Crippen LogP contribution in [0.3, 0.4) is 0 Å². The van der Waals surface area contributed by atoms with Crippen molar-refractivity contribution in [1.82, 2.24) is 15.6 Å².